The van der Waals surface area contributed by atoms with Crippen LogP contribution in [0, 0.1) is 42.9 Å². The highest BCUT2D eigenvalue weighted by Gasteiger charge is 2.27. The van der Waals surface area contributed by atoms with Gasteiger partial charge < -0.3 is 5.32 Å². The van der Waals surface area contributed by atoms with Crippen LogP contribution in [0.3, 0.4) is 0 Å². The van der Waals surface area contributed by atoms with E-state index in [1.807, 2.05) is 0 Å². The van der Waals surface area contributed by atoms with E-state index >= 15 is 0 Å². The smallest absolute Gasteiger partial charge is 0.246 e. The van der Waals surface area contributed by atoms with Gasteiger partial charge in [0.2, 0.25) is 11.7 Å². The number of hydrogen-bond donors (Lipinski definition) is 1. The van der Waals surface area contributed by atoms with Crippen molar-refractivity contribution in [2.45, 2.75) is 26.9 Å². The van der Waals surface area contributed by atoms with Crippen LogP contribution in [0.25, 0.3) is 0 Å². The fourth-order valence-corrected chi connectivity index (χ4v) is 3.05. The lowest BCUT2D eigenvalue weighted by atomic mass is 10.1. The Morgan fingerprint density at radius 3 is 2.21 bits per heavy atom. The summed E-state index contributed by atoms with van der Waals surface area (Å²) in [5.41, 5.74) is -0.167. The van der Waals surface area contributed by atoms with E-state index in [-0.39, 0.29) is 17.9 Å². The highest BCUT2D eigenvalue weighted by atomic mass is 79.9. The van der Waals surface area contributed by atoms with E-state index in [0.29, 0.717) is 10.2 Å². The first-order valence-electron chi connectivity index (χ1n) is 8.12. The maximum atomic E-state index is 13.9. The molecule has 3 rings (SSSR count). The normalized spacial score (nSPS) is 11.2. The zero-order valence-electron chi connectivity index (χ0n) is 15.0. The van der Waals surface area contributed by atoms with Gasteiger partial charge in [-0.05, 0) is 29.8 Å². The minimum atomic E-state index is -2.23. The van der Waals surface area contributed by atoms with Gasteiger partial charge in [0.25, 0.3) is 0 Å². The van der Waals surface area contributed by atoms with E-state index < -0.39 is 47.1 Å². The molecule has 1 amide bonds. The second-order valence-corrected chi connectivity index (χ2v) is 7.07. The van der Waals surface area contributed by atoms with Crippen LogP contribution >= 0.6 is 15.9 Å². The van der Waals surface area contributed by atoms with Crippen molar-refractivity contribution in [3.8, 4) is 0 Å². The zero-order chi connectivity index (χ0) is 21.5. The first-order valence-corrected chi connectivity index (χ1v) is 8.91. The molecule has 29 heavy (non-hydrogen) atoms. The monoisotopic (exact) mass is 477 g/mol. The Balaban J connectivity index is 1.86. The van der Waals surface area contributed by atoms with Crippen LogP contribution in [0.15, 0.2) is 16.9 Å². The van der Waals surface area contributed by atoms with Gasteiger partial charge in [-0.3, -0.25) is 14.2 Å². The molecule has 6 nitrogen and oxygen atoms in total. The number of hydrogen-bond acceptors (Lipinski definition) is 3. The van der Waals surface area contributed by atoms with E-state index in [0.717, 1.165) is 4.68 Å². The maximum absolute atomic E-state index is 13.9. The van der Waals surface area contributed by atoms with E-state index in [9.17, 15) is 26.7 Å². The fraction of sp³-hybridized carbons (Fsp3) is 0.235. The number of anilines is 1. The van der Waals surface area contributed by atoms with Gasteiger partial charge in [0.05, 0.1) is 39.9 Å². The number of carbonyl (C=O) groups is 1. The quantitative estimate of drug-likeness (QED) is 0.345. The average molecular weight is 478 g/mol. The van der Waals surface area contributed by atoms with Crippen LogP contribution in [-0.4, -0.2) is 25.5 Å². The highest BCUT2D eigenvalue weighted by molar-refractivity contribution is 9.10. The lowest BCUT2D eigenvalue weighted by molar-refractivity contribution is -0.116. The highest BCUT2D eigenvalue weighted by Crippen LogP contribution is 2.26. The Morgan fingerprint density at radius 1 is 1.07 bits per heavy atom. The van der Waals surface area contributed by atoms with Gasteiger partial charge >= 0.3 is 0 Å². The maximum Gasteiger partial charge on any atom is 0.246 e. The average Bonchev–Trinajstić information content (AvgIpc) is 3.19. The lowest BCUT2D eigenvalue weighted by Gasteiger charge is -2.10. The molecule has 0 aliphatic rings. The van der Waals surface area contributed by atoms with Crippen LogP contribution in [0.1, 0.15) is 17.0 Å². The summed E-state index contributed by atoms with van der Waals surface area (Å²) >= 11 is 3.21. The van der Waals surface area contributed by atoms with Crippen molar-refractivity contribution in [2.75, 3.05) is 5.32 Å². The Hall–Kier alpha value is -2.76. The minimum Gasteiger partial charge on any atom is -0.321 e. The van der Waals surface area contributed by atoms with Crippen molar-refractivity contribution in [3.63, 3.8) is 0 Å². The predicted molar refractivity (Wildman–Crippen MR) is 95.6 cm³/mol. The molecule has 0 atom stereocenters. The number of nitrogens with one attached hydrogen (secondary N) is 1. The van der Waals surface area contributed by atoms with Gasteiger partial charge in [-0.1, -0.05) is 0 Å². The molecule has 0 saturated heterocycles. The zero-order valence-corrected chi connectivity index (χ0v) is 16.6. The van der Waals surface area contributed by atoms with Crippen LogP contribution in [0.4, 0.5) is 27.6 Å². The summed E-state index contributed by atoms with van der Waals surface area (Å²) in [6.45, 7) is 2.21. The summed E-state index contributed by atoms with van der Waals surface area (Å²) in [6.07, 6.45) is 3.09. The second kappa shape index (κ2) is 7.93. The van der Waals surface area contributed by atoms with Gasteiger partial charge in [0, 0.05) is 6.20 Å². The number of nitrogens with zero attached hydrogens (tertiary/aromatic N) is 4. The Morgan fingerprint density at radius 2 is 1.66 bits per heavy atom. The van der Waals surface area contributed by atoms with Crippen LogP contribution in [0.2, 0.25) is 0 Å². The molecule has 2 heterocycles. The number of amides is 1. The van der Waals surface area contributed by atoms with Crippen molar-refractivity contribution in [2.24, 2.45) is 0 Å². The van der Waals surface area contributed by atoms with E-state index in [1.165, 1.54) is 24.7 Å². The lowest BCUT2D eigenvalue weighted by Crippen LogP contribution is -2.20. The number of rotatable bonds is 5. The molecule has 3 aromatic rings. The first-order chi connectivity index (χ1) is 13.6. The third kappa shape index (κ3) is 4.02. The van der Waals surface area contributed by atoms with Gasteiger partial charge in [0.1, 0.15) is 6.54 Å². The third-order valence-electron chi connectivity index (χ3n) is 4.16. The van der Waals surface area contributed by atoms with Gasteiger partial charge in [-0.25, -0.2) is 22.0 Å². The number of benzene rings is 1. The van der Waals surface area contributed by atoms with Gasteiger partial charge in [-0.2, -0.15) is 10.2 Å². The topological polar surface area (TPSA) is 64.7 Å². The standard InChI is InChI=1S/C17H13BrF5N5O/c1-7-17(25-11(29)6-27-4-9(18)3-24-27)8(2)28(26-7)5-10-12(19)14(21)16(23)15(22)13(10)20/h3-4H,5-6H2,1-2H3,(H,25,29). The summed E-state index contributed by atoms with van der Waals surface area (Å²) in [5, 5.41) is 10.6. The Bertz CT molecular complexity index is 1080. The summed E-state index contributed by atoms with van der Waals surface area (Å²) in [7, 11) is 0. The molecule has 0 fully saturated rings. The largest absolute Gasteiger partial charge is 0.321 e. The van der Waals surface area contributed by atoms with Crippen LogP contribution in [0.5, 0.6) is 0 Å². The van der Waals surface area contributed by atoms with Crippen molar-refractivity contribution in [1.29, 1.82) is 0 Å². The SMILES string of the molecule is Cc1nn(Cc2c(F)c(F)c(F)c(F)c2F)c(C)c1NC(=O)Cn1cc(Br)cn1. The van der Waals surface area contributed by atoms with E-state index in [4.69, 9.17) is 0 Å². The van der Waals surface area contributed by atoms with Gasteiger partial charge in [0.15, 0.2) is 23.3 Å². The van der Waals surface area contributed by atoms with Crippen molar-refractivity contribution in [3.05, 3.63) is 62.9 Å². The molecule has 0 saturated carbocycles. The molecule has 12 heteroatoms. The molecule has 0 unspecified atom stereocenters. The summed E-state index contributed by atoms with van der Waals surface area (Å²) in [5.74, 6) is -10.6. The molecular formula is C17H13BrF5N5O. The summed E-state index contributed by atoms with van der Waals surface area (Å²) < 4.78 is 71.0. The van der Waals surface area contributed by atoms with Crippen molar-refractivity contribution >= 4 is 27.5 Å². The molecule has 0 bridgehead atoms. The molecule has 0 aliphatic heterocycles. The Kier molecular flexibility index (Phi) is 5.73. The molecule has 1 N–H and O–H groups in total. The summed E-state index contributed by atoms with van der Waals surface area (Å²) in [6, 6.07) is 0. The number of halogens is 6. The van der Waals surface area contributed by atoms with E-state index in [2.05, 4.69) is 31.4 Å². The first kappa shape index (κ1) is 21.0. The molecule has 0 aliphatic carbocycles. The molecule has 0 spiro atoms. The molecule has 0 radical (unpaired) electrons. The Labute approximate surface area is 169 Å². The second-order valence-electron chi connectivity index (χ2n) is 6.16. The summed E-state index contributed by atoms with van der Waals surface area (Å²) in [4.78, 5) is 12.2. The van der Waals surface area contributed by atoms with Crippen LogP contribution in [-0.2, 0) is 17.9 Å². The predicted octanol–water partition coefficient (Wildman–Crippen LogP) is 3.84. The molecule has 2 aromatic heterocycles. The number of carbonyl (C=O) groups excluding carboxylic acids is 1. The molecule has 1 aromatic carbocycles. The number of aryl methyl sites for hydroxylation is 1. The molecule has 154 valence electrons. The van der Waals surface area contributed by atoms with Crippen LogP contribution < -0.4 is 5.32 Å². The fourth-order valence-electron chi connectivity index (χ4n) is 2.72. The molecular weight excluding hydrogens is 465 g/mol. The number of aromatic nitrogens is 4. The van der Waals surface area contributed by atoms with Gasteiger partial charge in [-0.15, -0.1) is 0 Å². The third-order valence-corrected chi connectivity index (χ3v) is 4.57. The van der Waals surface area contributed by atoms with Crippen molar-refractivity contribution in [1.82, 2.24) is 19.6 Å². The van der Waals surface area contributed by atoms with E-state index in [1.54, 1.807) is 6.20 Å². The van der Waals surface area contributed by atoms with Crippen molar-refractivity contribution < 1.29 is 26.7 Å². The minimum absolute atomic E-state index is 0.104.